The van der Waals surface area contributed by atoms with Crippen LogP contribution in [0.5, 0.6) is 0 Å². The summed E-state index contributed by atoms with van der Waals surface area (Å²) < 4.78 is 27.8. The van der Waals surface area contributed by atoms with Crippen LogP contribution in [-0.2, 0) is 0 Å². The van der Waals surface area contributed by atoms with Gasteiger partial charge in [-0.2, -0.15) is 0 Å². The fourth-order valence-electron chi connectivity index (χ4n) is 1.95. The number of likely N-dealkylation sites (N-methyl/N-ethyl adjacent to an activating group) is 2. The summed E-state index contributed by atoms with van der Waals surface area (Å²) in [6.45, 7) is 6.51. The van der Waals surface area contributed by atoms with Gasteiger partial charge >= 0.3 is 0 Å². The van der Waals surface area contributed by atoms with Gasteiger partial charge in [-0.3, -0.25) is 0 Å². The summed E-state index contributed by atoms with van der Waals surface area (Å²) in [5.74, 6) is -1.01. The Labute approximate surface area is 108 Å². The highest BCUT2D eigenvalue weighted by Crippen LogP contribution is 2.32. The van der Waals surface area contributed by atoms with Crippen molar-refractivity contribution >= 4 is 0 Å². The standard InChI is InChI=1S/C14H22F2N2/c1-6-17-13(14(2,3)18(4)5)12-10(15)8-7-9-11(12)16/h7-9,13,17H,6H2,1-5H3. The second-order valence-electron chi connectivity index (χ2n) is 5.17. The Kier molecular flexibility index (Phi) is 4.82. The number of nitrogens with zero attached hydrogens (tertiary/aromatic N) is 1. The third-order valence-corrected chi connectivity index (χ3v) is 3.56. The van der Waals surface area contributed by atoms with Gasteiger partial charge in [0.25, 0.3) is 0 Å². The summed E-state index contributed by atoms with van der Waals surface area (Å²) in [5.41, 5.74) is -0.294. The van der Waals surface area contributed by atoms with Gasteiger partial charge in [0.1, 0.15) is 11.6 Å². The summed E-state index contributed by atoms with van der Waals surface area (Å²) in [6, 6.07) is 3.58. The summed E-state index contributed by atoms with van der Waals surface area (Å²) in [5, 5.41) is 3.18. The molecule has 18 heavy (non-hydrogen) atoms. The van der Waals surface area contributed by atoms with Crippen molar-refractivity contribution in [3.05, 3.63) is 35.4 Å². The Morgan fingerprint density at radius 1 is 1.22 bits per heavy atom. The fourth-order valence-corrected chi connectivity index (χ4v) is 1.95. The van der Waals surface area contributed by atoms with Gasteiger partial charge in [-0.25, -0.2) is 8.78 Å². The van der Waals surface area contributed by atoms with E-state index in [1.165, 1.54) is 18.2 Å². The highest BCUT2D eigenvalue weighted by atomic mass is 19.1. The summed E-state index contributed by atoms with van der Waals surface area (Å²) in [7, 11) is 3.81. The minimum atomic E-state index is -0.504. The number of halogens is 2. The van der Waals surface area contributed by atoms with Crippen molar-refractivity contribution in [2.45, 2.75) is 32.4 Å². The molecule has 0 aliphatic carbocycles. The van der Waals surface area contributed by atoms with Crippen molar-refractivity contribution in [2.75, 3.05) is 20.6 Å². The first-order valence-corrected chi connectivity index (χ1v) is 6.17. The molecule has 0 saturated carbocycles. The Balaban J connectivity index is 3.28. The molecule has 102 valence electrons. The highest BCUT2D eigenvalue weighted by molar-refractivity contribution is 5.26. The highest BCUT2D eigenvalue weighted by Gasteiger charge is 2.35. The molecule has 4 heteroatoms. The molecule has 2 nitrogen and oxygen atoms in total. The third-order valence-electron chi connectivity index (χ3n) is 3.56. The average molecular weight is 256 g/mol. The van der Waals surface area contributed by atoms with E-state index in [0.29, 0.717) is 6.54 Å². The van der Waals surface area contributed by atoms with E-state index in [1.54, 1.807) is 0 Å². The lowest BCUT2D eigenvalue weighted by molar-refractivity contribution is 0.134. The van der Waals surface area contributed by atoms with Crippen LogP contribution in [-0.4, -0.2) is 31.1 Å². The molecule has 1 N–H and O–H groups in total. The van der Waals surface area contributed by atoms with Gasteiger partial charge in [0.2, 0.25) is 0 Å². The van der Waals surface area contributed by atoms with E-state index >= 15 is 0 Å². The molecule has 1 atom stereocenters. The molecule has 1 aromatic rings. The van der Waals surface area contributed by atoms with Crippen LogP contribution in [0, 0.1) is 11.6 Å². The monoisotopic (exact) mass is 256 g/mol. The summed E-state index contributed by atoms with van der Waals surface area (Å²) >= 11 is 0. The Hall–Kier alpha value is -1.00. The number of hydrogen-bond donors (Lipinski definition) is 1. The molecule has 1 aromatic carbocycles. The largest absolute Gasteiger partial charge is 0.309 e. The second-order valence-corrected chi connectivity index (χ2v) is 5.17. The van der Waals surface area contributed by atoms with Crippen LogP contribution in [0.1, 0.15) is 32.4 Å². The van der Waals surface area contributed by atoms with E-state index in [9.17, 15) is 8.78 Å². The zero-order chi connectivity index (χ0) is 13.9. The maximum atomic E-state index is 13.9. The van der Waals surface area contributed by atoms with E-state index in [0.717, 1.165) is 0 Å². The maximum absolute atomic E-state index is 13.9. The molecule has 1 rings (SSSR count). The molecule has 0 aliphatic heterocycles. The van der Waals surface area contributed by atoms with Gasteiger partial charge in [-0.05, 0) is 46.6 Å². The zero-order valence-corrected chi connectivity index (χ0v) is 11.7. The predicted octanol–water partition coefficient (Wildman–Crippen LogP) is 2.96. The molecule has 0 bridgehead atoms. The van der Waals surface area contributed by atoms with Crippen molar-refractivity contribution in [2.24, 2.45) is 0 Å². The van der Waals surface area contributed by atoms with Crippen LogP contribution in [0.25, 0.3) is 0 Å². The number of nitrogens with one attached hydrogen (secondary N) is 1. The first kappa shape index (κ1) is 15.1. The van der Waals surface area contributed by atoms with E-state index < -0.39 is 23.2 Å². The second kappa shape index (κ2) is 5.76. The summed E-state index contributed by atoms with van der Waals surface area (Å²) in [6.07, 6.45) is 0. The number of hydrogen-bond acceptors (Lipinski definition) is 2. The van der Waals surface area contributed by atoms with E-state index in [2.05, 4.69) is 5.32 Å². The van der Waals surface area contributed by atoms with E-state index in [1.807, 2.05) is 39.8 Å². The number of benzene rings is 1. The van der Waals surface area contributed by atoms with Crippen LogP contribution in [0.4, 0.5) is 8.78 Å². The lowest BCUT2D eigenvalue weighted by Crippen LogP contribution is -2.50. The molecule has 0 spiro atoms. The van der Waals surface area contributed by atoms with Crippen molar-refractivity contribution in [1.29, 1.82) is 0 Å². The Morgan fingerprint density at radius 2 is 1.72 bits per heavy atom. The zero-order valence-electron chi connectivity index (χ0n) is 11.7. The first-order valence-electron chi connectivity index (χ1n) is 6.17. The van der Waals surface area contributed by atoms with Gasteiger partial charge in [0.05, 0.1) is 6.04 Å². The molecular formula is C14H22F2N2. The van der Waals surface area contributed by atoms with Crippen molar-refractivity contribution in [3.63, 3.8) is 0 Å². The van der Waals surface area contributed by atoms with Gasteiger partial charge < -0.3 is 10.2 Å². The lowest BCUT2D eigenvalue weighted by atomic mass is 9.86. The molecule has 0 amide bonds. The van der Waals surface area contributed by atoms with Gasteiger partial charge in [0.15, 0.2) is 0 Å². The topological polar surface area (TPSA) is 15.3 Å². The van der Waals surface area contributed by atoms with Gasteiger partial charge in [-0.15, -0.1) is 0 Å². The molecular weight excluding hydrogens is 234 g/mol. The fraction of sp³-hybridized carbons (Fsp3) is 0.571. The molecule has 0 aliphatic rings. The molecule has 0 aromatic heterocycles. The minimum absolute atomic E-state index is 0.109. The van der Waals surface area contributed by atoms with E-state index in [4.69, 9.17) is 0 Å². The van der Waals surface area contributed by atoms with Gasteiger partial charge in [0, 0.05) is 11.1 Å². The number of rotatable bonds is 5. The molecule has 1 unspecified atom stereocenters. The Bertz CT molecular complexity index is 383. The average Bonchev–Trinajstić information content (AvgIpc) is 2.27. The quantitative estimate of drug-likeness (QED) is 0.871. The SMILES string of the molecule is CCNC(c1c(F)cccc1F)C(C)(C)N(C)C. The van der Waals surface area contributed by atoms with E-state index in [-0.39, 0.29) is 5.56 Å². The Morgan fingerprint density at radius 3 is 2.11 bits per heavy atom. The third kappa shape index (κ3) is 2.87. The lowest BCUT2D eigenvalue weighted by Gasteiger charge is -2.41. The van der Waals surface area contributed by atoms with Crippen LogP contribution in [0.15, 0.2) is 18.2 Å². The summed E-state index contributed by atoms with van der Waals surface area (Å²) in [4.78, 5) is 1.96. The maximum Gasteiger partial charge on any atom is 0.130 e. The predicted molar refractivity (Wildman–Crippen MR) is 70.5 cm³/mol. The van der Waals surface area contributed by atoms with Crippen LogP contribution in [0.2, 0.25) is 0 Å². The minimum Gasteiger partial charge on any atom is -0.309 e. The normalized spacial score (nSPS) is 14.0. The molecule has 0 heterocycles. The van der Waals surface area contributed by atoms with Crippen LogP contribution >= 0.6 is 0 Å². The molecule has 0 radical (unpaired) electrons. The van der Waals surface area contributed by atoms with Crippen LogP contribution < -0.4 is 5.32 Å². The first-order chi connectivity index (χ1) is 8.32. The van der Waals surface area contributed by atoms with Gasteiger partial charge in [-0.1, -0.05) is 13.0 Å². The van der Waals surface area contributed by atoms with Crippen LogP contribution in [0.3, 0.4) is 0 Å². The van der Waals surface area contributed by atoms with Crippen molar-refractivity contribution in [3.8, 4) is 0 Å². The molecule has 0 saturated heterocycles. The van der Waals surface area contributed by atoms with Crippen molar-refractivity contribution < 1.29 is 8.78 Å². The van der Waals surface area contributed by atoms with Crippen molar-refractivity contribution in [1.82, 2.24) is 10.2 Å². The smallest absolute Gasteiger partial charge is 0.130 e. The molecule has 0 fully saturated rings.